The lowest BCUT2D eigenvalue weighted by Gasteiger charge is -2.14. The van der Waals surface area contributed by atoms with E-state index in [9.17, 15) is 0 Å². The summed E-state index contributed by atoms with van der Waals surface area (Å²) in [6, 6.07) is 13.5. The Balaban J connectivity index is 1.75. The van der Waals surface area contributed by atoms with E-state index in [2.05, 4.69) is 32.1 Å². The van der Waals surface area contributed by atoms with Gasteiger partial charge in [-0.15, -0.1) is 0 Å². The highest BCUT2D eigenvalue weighted by molar-refractivity contribution is 5.83. The zero-order valence-corrected chi connectivity index (χ0v) is 18.3. The third kappa shape index (κ3) is 4.14. The molecule has 0 atom stereocenters. The quantitative estimate of drug-likeness (QED) is 0.471. The zero-order chi connectivity index (χ0) is 22.5. The van der Waals surface area contributed by atoms with Gasteiger partial charge in [-0.25, -0.2) is 15.0 Å². The fourth-order valence-electron chi connectivity index (χ4n) is 3.36. The molecule has 2 aromatic carbocycles. The Hall–Kier alpha value is -4.25. The maximum Gasteiger partial charge on any atom is 0.209 e. The molecule has 8 heteroatoms. The predicted octanol–water partition coefficient (Wildman–Crippen LogP) is 3.34. The summed E-state index contributed by atoms with van der Waals surface area (Å²) >= 11 is 0. The molecular weight excluding hydrogens is 406 g/mol. The smallest absolute Gasteiger partial charge is 0.209 e. The number of nitrogens with one attached hydrogen (secondary N) is 1. The topological polar surface area (TPSA) is 83.3 Å². The number of aromatic nitrogens is 4. The first kappa shape index (κ1) is 21.0. The first-order chi connectivity index (χ1) is 15.7. The van der Waals surface area contributed by atoms with Crippen molar-refractivity contribution in [1.82, 2.24) is 19.5 Å². The van der Waals surface area contributed by atoms with E-state index >= 15 is 0 Å². The third-order valence-corrected chi connectivity index (χ3v) is 4.87. The van der Waals surface area contributed by atoms with Crippen LogP contribution in [0.3, 0.4) is 0 Å². The number of hydrogen-bond donors (Lipinski definition) is 1. The van der Waals surface area contributed by atoms with E-state index in [0.29, 0.717) is 46.6 Å². The van der Waals surface area contributed by atoms with Gasteiger partial charge >= 0.3 is 0 Å². The number of nitrogens with zero attached hydrogens (tertiary/aromatic N) is 4. The maximum atomic E-state index is 5.47. The summed E-state index contributed by atoms with van der Waals surface area (Å²) in [4.78, 5) is 13.7. The van der Waals surface area contributed by atoms with Crippen LogP contribution in [0.5, 0.6) is 17.2 Å². The number of fused-ring (bicyclic) bond motifs is 1. The van der Waals surface area contributed by atoms with E-state index in [0.717, 1.165) is 11.1 Å². The van der Waals surface area contributed by atoms with Crippen LogP contribution < -0.4 is 19.5 Å². The molecule has 0 aliphatic rings. The molecule has 0 saturated carbocycles. The minimum absolute atomic E-state index is 0.414. The van der Waals surface area contributed by atoms with Gasteiger partial charge in [0.2, 0.25) is 11.6 Å². The molecule has 162 valence electrons. The summed E-state index contributed by atoms with van der Waals surface area (Å²) in [5.41, 5.74) is 3.19. The Kier molecular flexibility index (Phi) is 6.08. The van der Waals surface area contributed by atoms with Gasteiger partial charge in [-0.1, -0.05) is 24.1 Å². The highest BCUT2D eigenvalue weighted by atomic mass is 16.5. The van der Waals surface area contributed by atoms with Crippen LogP contribution in [0.15, 0.2) is 48.8 Å². The molecule has 0 saturated heterocycles. The normalized spacial score (nSPS) is 10.4. The van der Waals surface area contributed by atoms with E-state index in [-0.39, 0.29) is 0 Å². The van der Waals surface area contributed by atoms with Crippen LogP contribution >= 0.6 is 0 Å². The van der Waals surface area contributed by atoms with Crippen LogP contribution in [0.1, 0.15) is 17.0 Å². The molecule has 2 aromatic heterocycles. The lowest BCUT2D eigenvalue weighted by atomic mass is 10.1. The summed E-state index contributed by atoms with van der Waals surface area (Å²) in [5.74, 6) is 8.91. The molecule has 1 N–H and O–H groups in total. The van der Waals surface area contributed by atoms with E-state index in [1.807, 2.05) is 47.0 Å². The highest BCUT2D eigenvalue weighted by Gasteiger charge is 2.16. The largest absolute Gasteiger partial charge is 0.493 e. The molecule has 0 bridgehead atoms. The van der Waals surface area contributed by atoms with Crippen molar-refractivity contribution in [3.63, 3.8) is 0 Å². The molecule has 2 heterocycles. The van der Waals surface area contributed by atoms with Crippen LogP contribution in [-0.4, -0.2) is 47.9 Å². The van der Waals surface area contributed by atoms with Gasteiger partial charge in [-0.3, -0.25) is 0 Å². The van der Waals surface area contributed by atoms with Crippen molar-refractivity contribution < 1.29 is 14.2 Å². The van der Waals surface area contributed by atoms with Crippen molar-refractivity contribution in [3.05, 3.63) is 65.7 Å². The van der Waals surface area contributed by atoms with Gasteiger partial charge in [0.05, 0.1) is 34.2 Å². The number of benzene rings is 2. The zero-order valence-electron chi connectivity index (χ0n) is 18.3. The Bertz CT molecular complexity index is 1280. The number of anilines is 1. The Labute approximate surface area is 186 Å². The molecule has 0 unspecified atom stereocenters. The Morgan fingerprint density at radius 3 is 2.28 bits per heavy atom. The van der Waals surface area contributed by atoms with Crippen molar-refractivity contribution in [2.75, 3.05) is 33.7 Å². The Morgan fingerprint density at radius 2 is 1.66 bits per heavy atom. The first-order valence-electron chi connectivity index (χ1n) is 9.93. The number of imidazole rings is 1. The van der Waals surface area contributed by atoms with Crippen molar-refractivity contribution >= 4 is 17.0 Å². The van der Waals surface area contributed by atoms with E-state index < -0.39 is 0 Å². The molecule has 32 heavy (non-hydrogen) atoms. The highest BCUT2D eigenvalue weighted by Crippen LogP contribution is 2.38. The maximum absolute atomic E-state index is 5.47. The molecular formula is C24H23N5O3. The molecule has 0 aliphatic heterocycles. The second-order valence-electron chi connectivity index (χ2n) is 6.84. The van der Waals surface area contributed by atoms with Crippen molar-refractivity contribution in [1.29, 1.82) is 0 Å². The van der Waals surface area contributed by atoms with Gasteiger partial charge in [0.25, 0.3) is 0 Å². The van der Waals surface area contributed by atoms with E-state index in [1.54, 1.807) is 34.7 Å². The molecule has 8 nitrogen and oxygen atoms in total. The summed E-state index contributed by atoms with van der Waals surface area (Å²) in [5, 5.41) is 3.09. The number of rotatable bonds is 6. The summed E-state index contributed by atoms with van der Waals surface area (Å²) in [6.45, 7) is 0.499. The van der Waals surface area contributed by atoms with Gasteiger partial charge in [0.1, 0.15) is 0 Å². The summed E-state index contributed by atoms with van der Waals surface area (Å²) < 4.78 is 18.3. The number of ether oxygens (including phenoxy) is 3. The summed E-state index contributed by atoms with van der Waals surface area (Å²) in [7, 11) is 6.57. The molecule has 4 aromatic rings. The van der Waals surface area contributed by atoms with Crippen LogP contribution in [0.2, 0.25) is 0 Å². The van der Waals surface area contributed by atoms with Gasteiger partial charge in [0.15, 0.2) is 28.5 Å². The van der Waals surface area contributed by atoms with Crippen LogP contribution in [0, 0.1) is 11.8 Å². The predicted molar refractivity (Wildman–Crippen MR) is 122 cm³/mol. The fraction of sp³-hybridized carbons (Fsp3) is 0.208. The van der Waals surface area contributed by atoms with Crippen molar-refractivity contribution in [3.8, 4) is 29.1 Å². The van der Waals surface area contributed by atoms with Crippen LogP contribution in [0.4, 0.5) is 5.82 Å². The Morgan fingerprint density at radius 1 is 0.938 bits per heavy atom. The molecule has 0 amide bonds. The minimum Gasteiger partial charge on any atom is -0.493 e. The molecule has 0 aliphatic carbocycles. The van der Waals surface area contributed by atoms with Gasteiger partial charge in [-0.05, 0) is 35.7 Å². The average molecular weight is 429 g/mol. The van der Waals surface area contributed by atoms with Gasteiger partial charge < -0.3 is 24.1 Å². The minimum atomic E-state index is 0.414. The van der Waals surface area contributed by atoms with Gasteiger partial charge in [-0.2, -0.15) is 0 Å². The average Bonchev–Trinajstić information content (AvgIpc) is 3.24. The molecule has 0 fully saturated rings. The van der Waals surface area contributed by atoms with Crippen LogP contribution in [0.25, 0.3) is 11.2 Å². The van der Waals surface area contributed by atoms with Crippen molar-refractivity contribution in [2.45, 2.75) is 6.54 Å². The second kappa shape index (κ2) is 9.27. The molecule has 0 spiro atoms. The number of hydrogen-bond acceptors (Lipinski definition) is 7. The summed E-state index contributed by atoms with van der Waals surface area (Å²) in [6.07, 6.45) is 1.73. The van der Waals surface area contributed by atoms with E-state index in [4.69, 9.17) is 14.2 Å². The SMILES string of the molecule is CNc1nc(C#Cc2ccccc2)nc2c1ncn2Cc1cc(OC)c(OC)c(OC)c1. The monoisotopic (exact) mass is 429 g/mol. The standard InChI is InChI=1S/C24H23N5O3/c1-25-23-21-24(28-20(27-23)11-10-16-8-6-5-7-9-16)29(15-26-21)14-17-12-18(30-2)22(32-4)19(13-17)31-3/h5-9,12-13,15H,14H2,1-4H3,(H,25,27,28). The fourth-order valence-corrected chi connectivity index (χ4v) is 3.36. The van der Waals surface area contributed by atoms with Crippen molar-refractivity contribution in [2.24, 2.45) is 0 Å². The lowest BCUT2D eigenvalue weighted by molar-refractivity contribution is 0.323. The van der Waals surface area contributed by atoms with Gasteiger partial charge in [0, 0.05) is 12.6 Å². The first-order valence-corrected chi connectivity index (χ1v) is 9.93. The lowest BCUT2D eigenvalue weighted by Crippen LogP contribution is -2.04. The third-order valence-electron chi connectivity index (χ3n) is 4.87. The second-order valence-corrected chi connectivity index (χ2v) is 6.84. The van der Waals surface area contributed by atoms with E-state index in [1.165, 1.54) is 0 Å². The molecule has 0 radical (unpaired) electrons. The molecule has 4 rings (SSSR count). The number of methoxy groups -OCH3 is 3. The van der Waals surface area contributed by atoms with Crippen LogP contribution in [-0.2, 0) is 6.54 Å².